The number of nitrogen functional groups attached to an aromatic ring is 1. The van der Waals surface area contributed by atoms with Crippen molar-refractivity contribution < 1.29 is 14.3 Å². The maximum Gasteiger partial charge on any atom is 0.239 e. The normalized spacial score (nSPS) is 9.90. The van der Waals surface area contributed by atoms with E-state index in [9.17, 15) is 9.59 Å². The summed E-state index contributed by atoms with van der Waals surface area (Å²) in [5.74, 6) is 0.258. The molecule has 110 valence electrons. The summed E-state index contributed by atoms with van der Waals surface area (Å²) in [5.41, 5.74) is 6.27. The zero-order valence-corrected chi connectivity index (χ0v) is 11.9. The van der Waals surface area contributed by atoms with Crippen molar-refractivity contribution in [2.45, 2.75) is 13.3 Å². The van der Waals surface area contributed by atoms with E-state index in [0.717, 1.165) is 0 Å². The first-order chi connectivity index (χ1) is 9.58. The molecule has 0 aliphatic rings. The second kappa shape index (κ2) is 8.04. The zero-order valence-electron chi connectivity index (χ0n) is 11.9. The number of ether oxygens (including phenoxy) is 1. The first kappa shape index (κ1) is 15.8. The Morgan fingerprint density at radius 1 is 1.35 bits per heavy atom. The lowest BCUT2D eigenvalue weighted by molar-refractivity contribution is -0.136. The number of nitrogens with zero attached hydrogens (tertiary/aromatic N) is 1. The minimum absolute atomic E-state index is 0.0688. The van der Waals surface area contributed by atoms with E-state index >= 15 is 0 Å². The fourth-order valence-corrected chi connectivity index (χ4v) is 1.65. The van der Waals surface area contributed by atoms with Crippen molar-refractivity contribution in [3.63, 3.8) is 0 Å². The van der Waals surface area contributed by atoms with E-state index in [1.165, 1.54) is 4.90 Å². The molecule has 0 saturated heterocycles. The van der Waals surface area contributed by atoms with Crippen LogP contribution in [0.4, 0.5) is 5.69 Å². The van der Waals surface area contributed by atoms with Gasteiger partial charge < -0.3 is 20.7 Å². The maximum absolute atomic E-state index is 11.9. The lowest BCUT2D eigenvalue weighted by Gasteiger charge is -2.20. The lowest BCUT2D eigenvalue weighted by atomic mass is 10.3. The highest BCUT2D eigenvalue weighted by molar-refractivity contribution is 5.84. The summed E-state index contributed by atoms with van der Waals surface area (Å²) in [5, 5.41) is 2.49. The molecule has 3 N–H and O–H groups in total. The number of carbonyl (C=O) groups is 2. The van der Waals surface area contributed by atoms with Gasteiger partial charge in [-0.3, -0.25) is 9.59 Å². The average Bonchev–Trinajstić information content (AvgIpc) is 2.46. The fraction of sp³-hybridized carbons (Fsp3) is 0.429. The van der Waals surface area contributed by atoms with E-state index in [1.807, 2.05) is 19.1 Å². The molecule has 1 aromatic carbocycles. The molecule has 0 saturated carbocycles. The molecule has 2 amide bonds. The van der Waals surface area contributed by atoms with Gasteiger partial charge >= 0.3 is 0 Å². The minimum Gasteiger partial charge on any atom is -0.491 e. The number of carbonyl (C=O) groups excluding carboxylic acids is 2. The fourth-order valence-electron chi connectivity index (χ4n) is 1.65. The monoisotopic (exact) mass is 279 g/mol. The van der Waals surface area contributed by atoms with Crippen molar-refractivity contribution in [3.8, 4) is 5.75 Å². The van der Waals surface area contributed by atoms with E-state index in [0.29, 0.717) is 18.0 Å². The molecule has 0 aromatic heterocycles. The Morgan fingerprint density at radius 2 is 2.05 bits per heavy atom. The number of likely N-dealkylation sites (N-methyl/N-ethyl adjacent to an activating group) is 2. The molecule has 6 nitrogen and oxygen atoms in total. The first-order valence-electron chi connectivity index (χ1n) is 6.54. The van der Waals surface area contributed by atoms with E-state index < -0.39 is 0 Å². The highest BCUT2D eigenvalue weighted by Crippen LogP contribution is 2.19. The van der Waals surface area contributed by atoms with Crippen molar-refractivity contribution in [1.82, 2.24) is 10.2 Å². The van der Waals surface area contributed by atoms with Gasteiger partial charge in [0.2, 0.25) is 11.8 Å². The number of benzene rings is 1. The van der Waals surface area contributed by atoms with Crippen molar-refractivity contribution >= 4 is 17.5 Å². The second-order valence-corrected chi connectivity index (χ2v) is 4.22. The van der Waals surface area contributed by atoms with E-state index in [2.05, 4.69) is 5.32 Å². The Kier molecular flexibility index (Phi) is 6.36. The largest absolute Gasteiger partial charge is 0.491 e. The van der Waals surface area contributed by atoms with Gasteiger partial charge in [0.1, 0.15) is 5.75 Å². The van der Waals surface area contributed by atoms with Crippen molar-refractivity contribution in [1.29, 1.82) is 0 Å². The lowest BCUT2D eigenvalue weighted by Crippen LogP contribution is -2.39. The van der Waals surface area contributed by atoms with Crippen LogP contribution in [-0.2, 0) is 9.59 Å². The van der Waals surface area contributed by atoms with Gasteiger partial charge in [0.15, 0.2) is 0 Å². The molecule has 0 unspecified atom stereocenters. The Hall–Kier alpha value is -2.24. The highest BCUT2D eigenvalue weighted by Gasteiger charge is 2.14. The van der Waals surface area contributed by atoms with Gasteiger partial charge in [-0.1, -0.05) is 12.1 Å². The smallest absolute Gasteiger partial charge is 0.239 e. The molecule has 1 rings (SSSR count). The molecular formula is C14H21N3O3. The molecule has 20 heavy (non-hydrogen) atoms. The molecule has 0 aliphatic heterocycles. The Morgan fingerprint density at radius 3 is 2.65 bits per heavy atom. The van der Waals surface area contributed by atoms with Crippen LogP contribution in [0.5, 0.6) is 5.75 Å². The van der Waals surface area contributed by atoms with Crippen LogP contribution in [0.25, 0.3) is 0 Å². The quantitative estimate of drug-likeness (QED) is 0.717. The molecule has 1 aromatic rings. The van der Waals surface area contributed by atoms with Crippen molar-refractivity contribution in [2.24, 2.45) is 0 Å². The van der Waals surface area contributed by atoms with Gasteiger partial charge in [-0.15, -0.1) is 0 Å². The molecule has 0 spiro atoms. The summed E-state index contributed by atoms with van der Waals surface area (Å²) in [6.07, 6.45) is 0.208. The second-order valence-electron chi connectivity index (χ2n) is 4.22. The number of rotatable bonds is 7. The number of nitrogens with two attached hydrogens (primary N) is 1. The van der Waals surface area contributed by atoms with E-state index in [4.69, 9.17) is 10.5 Å². The molecular weight excluding hydrogens is 258 g/mol. The molecule has 0 atom stereocenters. The van der Waals surface area contributed by atoms with E-state index in [-0.39, 0.29) is 31.4 Å². The van der Waals surface area contributed by atoms with Crippen LogP contribution in [-0.4, -0.2) is 43.5 Å². The molecule has 6 heteroatoms. The SMILES string of the molecule is CCN(CC(=O)NC)C(=O)CCOc1ccccc1N. The molecule has 0 heterocycles. The average molecular weight is 279 g/mol. The van der Waals surface area contributed by atoms with Crippen LogP contribution in [0, 0.1) is 0 Å². The summed E-state index contributed by atoms with van der Waals surface area (Å²) in [4.78, 5) is 24.7. The van der Waals surface area contributed by atoms with Crippen LogP contribution in [0.15, 0.2) is 24.3 Å². The van der Waals surface area contributed by atoms with E-state index in [1.54, 1.807) is 19.2 Å². The number of para-hydroxylation sites is 2. The van der Waals surface area contributed by atoms with Gasteiger partial charge in [0.25, 0.3) is 0 Å². The van der Waals surface area contributed by atoms with Crippen LogP contribution >= 0.6 is 0 Å². The number of nitrogens with one attached hydrogen (secondary N) is 1. The number of hydrogen-bond acceptors (Lipinski definition) is 4. The summed E-state index contributed by atoms with van der Waals surface area (Å²) < 4.78 is 5.46. The molecule has 0 radical (unpaired) electrons. The van der Waals surface area contributed by atoms with Crippen molar-refractivity contribution in [3.05, 3.63) is 24.3 Å². The topological polar surface area (TPSA) is 84.7 Å². The summed E-state index contributed by atoms with van der Waals surface area (Å²) >= 11 is 0. The number of hydrogen-bond donors (Lipinski definition) is 2. The van der Waals surface area contributed by atoms with Crippen LogP contribution < -0.4 is 15.8 Å². The predicted octanol–water partition coefficient (Wildman–Crippen LogP) is 0.632. The Labute approximate surface area is 118 Å². The van der Waals surface area contributed by atoms with Crippen LogP contribution in [0.2, 0.25) is 0 Å². The molecule has 0 bridgehead atoms. The van der Waals surface area contributed by atoms with Gasteiger partial charge in [0.05, 0.1) is 25.3 Å². The number of anilines is 1. The zero-order chi connectivity index (χ0) is 15.0. The van der Waals surface area contributed by atoms with Gasteiger partial charge in [-0.2, -0.15) is 0 Å². The van der Waals surface area contributed by atoms with Crippen LogP contribution in [0.3, 0.4) is 0 Å². The third kappa shape index (κ3) is 4.79. The van der Waals surface area contributed by atoms with Crippen LogP contribution in [0.1, 0.15) is 13.3 Å². The standard InChI is InChI=1S/C14H21N3O3/c1-3-17(10-13(18)16-2)14(19)8-9-20-12-7-5-4-6-11(12)15/h4-7H,3,8-10,15H2,1-2H3,(H,16,18). The predicted molar refractivity (Wildman–Crippen MR) is 77.3 cm³/mol. The third-order valence-corrected chi connectivity index (χ3v) is 2.84. The summed E-state index contributed by atoms with van der Waals surface area (Å²) in [6, 6.07) is 7.12. The highest BCUT2D eigenvalue weighted by atomic mass is 16.5. The Bertz CT molecular complexity index is 463. The van der Waals surface area contributed by atoms with Gasteiger partial charge in [0, 0.05) is 13.6 Å². The maximum atomic E-state index is 11.9. The first-order valence-corrected chi connectivity index (χ1v) is 6.54. The minimum atomic E-state index is -0.187. The van der Waals surface area contributed by atoms with Crippen molar-refractivity contribution in [2.75, 3.05) is 32.5 Å². The Balaban J connectivity index is 2.42. The van der Waals surface area contributed by atoms with Gasteiger partial charge in [-0.25, -0.2) is 0 Å². The number of amides is 2. The molecule has 0 fully saturated rings. The summed E-state index contributed by atoms with van der Waals surface area (Å²) in [7, 11) is 1.54. The van der Waals surface area contributed by atoms with Gasteiger partial charge in [-0.05, 0) is 19.1 Å². The molecule has 0 aliphatic carbocycles. The summed E-state index contributed by atoms with van der Waals surface area (Å²) in [6.45, 7) is 2.62. The third-order valence-electron chi connectivity index (χ3n) is 2.84.